The Balaban J connectivity index is 1.88. The molecule has 4 nitrogen and oxygen atoms in total. The molecule has 1 aliphatic rings. The van der Waals surface area contributed by atoms with E-state index < -0.39 is 5.97 Å². The van der Waals surface area contributed by atoms with Crippen LogP contribution in [0.25, 0.3) is 6.08 Å². The Morgan fingerprint density at radius 3 is 2.33 bits per heavy atom. The lowest BCUT2D eigenvalue weighted by molar-refractivity contribution is -0.113. The van der Waals surface area contributed by atoms with Gasteiger partial charge in [0, 0.05) is 5.02 Å². The van der Waals surface area contributed by atoms with Gasteiger partial charge >= 0.3 is 5.97 Å². The maximum absolute atomic E-state index is 12.6. The number of thioether (sulfide) groups is 1. The van der Waals surface area contributed by atoms with Crippen LogP contribution in [0.15, 0.2) is 53.4 Å². The third-order valence-corrected chi connectivity index (χ3v) is 4.89. The Labute approximate surface area is 152 Å². The Hall–Kier alpha value is -2.15. The second kappa shape index (κ2) is 6.76. The van der Waals surface area contributed by atoms with Crippen LogP contribution in [0.4, 0.5) is 5.69 Å². The summed E-state index contributed by atoms with van der Waals surface area (Å²) in [6.07, 6.45) is 1.75. The van der Waals surface area contributed by atoms with E-state index in [4.69, 9.17) is 28.9 Å². The van der Waals surface area contributed by atoms with Crippen LogP contribution >= 0.6 is 35.6 Å². The molecule has 0 saturated carbocycles. The summed E-state index contributed by atoms with van der Waals surface area (Å²) >= 11 is 12.3. The molecule has 1 N–H and O–H groups in total. The number of amides is 1. The molecular weight excluding hydrogens is 366 g/mol. The highest BCUT2D eigenvalue weighted by Crippen LogP contribution is 2.36. The highest BCUT2D eigenvalue weighted by atomic mass is 35.5. The number of benzene rings is 2. The van der Waals surface area contributed by atoms with Gasteiger partial charge in [-0.25, -0.2) is 4.79 Å². The van der Waals surface area contributed by atoms with Gasteiger partial charge in [0.05, 0.1) is 16.2 Å². The molecule has 0 unspecified atom stereocenters. The molecule has 2 aromatic rings. The highest BCUT2D eigenvalue weighted by Gasteiger charge is 2.33. The Bertz CT molecular complexity index is 860. The van der Waals surface area contributed by atoms with Crippen molar-refractivity contribution in [1.82, 2.24) is 0 Å². The molecule has 3 rings (SSSR count). The topological polar surface area (TPSA) is 57.6 Å². The summed E-state index contributed by atoms with van der Waals surface area (Å²) in [5, 5.41) is 9.57. The molecule has 0 radical (unpaired) electrons. The van der Waals surface area contributed by atoms with Gasteiger partial charge in [0.2, 0.25) is 0 Å². The van der Waals surface area contributed by atoms with E-state index in [1.165, 1.54) is 28.8 Å². The van der Waals surface area contributed by atoms with Crippen molar-refractivity contribution in [3.05, 3.63) is 69.6 Å². The van der Waals surface area contributed by atoms with Crippen LogP contribution < -0.4 is 4.90 Å². The number of thiocarbonyl (C=S) groups is 1. The number of hydrogen-bond donors (Lipinski definition) is 1. The maximum Gasteiger partial charge on any atom is 0.335 e. The molecule has 0 atom stereocenters. The van der Waals surface area contributed by atoms with Gasteiger partial charge in [-0.3, -0.25) is 9.69 Å². The fraction of sp³-hybridized carbons (Fsp3) is 0. The second-order valence-corrected chi connectivity index (χ2v) is 7.03. The molecule has 7 heteroatoms. The van der Waals surface area contributed by atoms with Gasteiger partial charge in [-0.05, 0) is 48.0 Å². The number of carbonyl (C=O) groups is 2. The largest absolute Gasteiger partial charge is 0.478 e. The van der Waals surface area contributed by atoms with E-state index in [1.807, 2.05) is 12.1 Å². The second-order valence-electron chi connectivity index (χ2n) is 4.92. The molecule has 1 aliphatic heterocycles. The smallest absolute Gasteiger partial charge is 0.335 e. The number of halogens is 1. The molecular formula is C17H10ClNO3S2. The van der Waals surface area contributed by atoms with Crippen molar-refractivity contribution in [3.63, 3.8) is 0 Å². The average Bonchev–Trinajstić information content (AvgIpc) is 2.83. The summed E-state index contributed by atoms with van der Waals surface area (Å²) in [6, 6.07) is 13.2. The molecule has 2 aromatic carbocycles. The first-order valence-corrected chi connectivity index (χ1v) is 8.43. The summed E-state index contributed by atoms with van der Waals surface area (Å²) < 4.78 is 0.406. The predicted molar refractivity (Wildman–Crippen MR) is 101 cm³/mol. The lowest BCUT2D eigenvalue weighted by Crippen LogP contribution is -2.27. The molecule has 0 aromatic heterocycles. The van der Waals surface area contributed by atoms with Crippen molar-refractivity contribution in [1.29, 1.82) is 0 Å². The van der Waals surface area contributed by atoms with Crippen molar-refractivity contribution < 1.29 is 14.7 Å². The Morgan fingerprint density at radius 2 is 1.75 bits per heavy atom. The van der Waals surface area contributed by atoms with E-state index in [1.54, 1.807) is 30.3 Å². The van der Waals surface area contributed by atoms with E-state index >= 15 is 0 Å². The zero-order valence-electron chi connectivity index (χ0n) is 12.1. The summed E-state index contributed by atoms with van der Waals surface area (Å²) in [7, 11) is 0. The summed E-state index contributed by atoms with van der Waals surface area (Å²) in [6.45, 7) is 0. The number of carboxylic acid groups (broad SMARTS) is 1. The number of carboxylic acids is 1. The minimum absolute atomic E-state index is 0.154. The Morgan fingerprint density at radius 1 is 1.12 bits per heavy atom. The van der Waals surface area contributed by atoms with E-state index in [-0.39, 0.29) is 11.5 Å². The third-order valence-electron chi connectivity index (χ3n) is 3.33. The summed E-state index contributed by atoms with van der Waals surface area (Å²) in [4.78, 5) is 25.4. The maximum atomic E-state index is 12.6. The quantitative estimate of drug-likeness (QED) is 0.634. The number of hydrogen-bond acceptors (Lipinski definition) is 4. The van der Waals surface area contributed by atoms with Gasteiger partial charge in [0.1, 0.15) is 0 Å². The lowest BCUT2D eigenvalue weighted by atomic mass is 10.2. The number of aromatic carboxylic acids is 1. The average molecular weight is 376 g/mol. The van der Waals surface area contributed by atoms with Gasteiger partial charge in [0.15, 0.2) is 4.32 Å². The van der Waals surface area contributed by atoms with E-state index in [0.717, 1.165) is 5.56 Å². The van der Waals surface area contributed by atoms with E-state index in [0.29, 0.717) is 19.9 Å². The molecule has 1 amide bonds. The van der Waals surface area contributed by atoms with Crippen LogP contribution in [0.5, 0.6) is 0 Å². The normalized spacial score (nSPS) is 16.0. The van der Waals surface area contributed by atoms with Crippen LogP contribution in [-0.4, -0.2) is 21.3 Å². The number of nitrogens with zero attached hydrogens (tertiary/aromatic N) is 1. The number of rotatable bonds is 3. The fourth-order valence-corrected chi connectivity index (χ4v) is 3.58. The molecule has 120 valence electrons. The summed E-state index contributed by atoms with van der Waals surface area (Å²) in [5.41, 5.74) is 1.55. The zero-order valence-corrected chi connectivity index (χ0v) is 14.5. The van der Waals surface area contributed by atoms with Crippen LogP contribution in [0.2, 0.25) is 5.02 Å². The minimum atomic E-state index is -1.02. The van der Waals surface area contributed by atoms with Gasteiger partial charge in [-0.2, -0.15) is 0 Å². The van der Waals surface area contributed by atoms with Crippen LogP contribution in [0, 0.1) is 0 Å². The van der Waals surface area contributed by atoms with Crippen molar-refractivity contribution in [3.8, 4) is 0 Å². The number of anilines is 1. The van der Waals surface area contributed by atoms with Gasteiger partial charge < -0.3 is 5.11 Å². The fourth-order valence-electron chi connectivity index (χ4n) is 2.15. The van der Waals surface area contributed by atoms with Crippen molar-refractivity contribution in [2.24, 2.45) is 0 Å². The summed E-state index contributed by atoms with van der Waals surface area (Å²) in [5.74, 6) is -1.25. The van der Waals surface area contributed by atoms with Gasteiger partial charge in [0.25, 0.3) is 5.91 Å². The predicted octanol–water partition coefficient (Wildman–Crippen LogP) is 4.44. The van der Waals surface area contributed by atoms with E-state index in [2.05, 4.69) is 0 Å². The van der Waals surface area contributed by atoms with Gasteiger partial charge in [-0.1, -0.05) is 47.7 Å². The molecule has 1 saturated heterocycles. The molecule has 0 aliphatic carbocycles. The lowest BCUT2D eigenvalue weighted by Gasteiger charge is -2.14. The minimum Gasteiger partial charge on any atom is -0.478 e. The molecule has 1 heterocycles. The molecule has 1 fully saturated rings. The van der Waals surface area contributed by atoms with Gasteiger partial charge in [-0.15, -0.1) is 0 Å². The van der Waals surface area contributed by atoms with E-state index in [9.17, 15) is 9.59 Å². The Kier molecular flexibility index (Phi) is 4.71. The van der Waals surface area contributed by atoms with Crippen LogP contribution in [0.3, 0.4) is 0 Å². The standard InChI is InChI=1S/C17H10ClNO3S2/c18-12-5-1-10(2-6-12)9-14-15(20)19(17(23)24-14)13-7-3-11(4-8-13)16(21)22/h1-9H,(H,21,22). The first-order valence-electron chi connectivity index (χ1n) is 6.82. The van der Waals surface area contributed by atoms with Crippen molar-refractivity contribution in [2.75, 3.05) is 4.90 Å². The monoisotopic (exact) mass is 375 g/mol. The van der Waals surface area contributed by atoms with Crippen molar-refractivity contribution >= 4 is 63.5 Å². The first-order chi connectivity index (χ1) is 11.5. The first kappa shape index (κ1) is 16.7. The zero-order chi connectivity index (χ0) is 17.3. The number of carbonyl (C=O) groups excluding carboxylic acids is 1. The molecule has 0 spiro atoms. The third kappa shape index (κ3) is 3.36. The SMILES string of the molecule is O=C(O)c1ccc(N2C(=O)C(=Cc3ccc(Cl)cc3)SC2=S)cc1. The molecule has 24 heavy (non-hydrogen) atoms. The molecule has 0 bridgehead atoms. The highest BCUT2D eigenvalue weighted by molar-refractivity contribution is 8.27. The van der Waals surface area contributed by atoms with Crippen molar-refractivity contribution in [2.45, 2.75) is 0 Å². The van der Waals surface area contributed by atoms with Crippen LogP contribution in [-0.2, 0) is 4.79 Å². The van der Waals surface area contributed by atoms with Crippen LogP contribution in [0.1, 0.15) is 15.9 Å².